The molecule has 0 saturated heterocycles. The van der Waals surface area contributed by atoms with Crippen molar-refractivity contribution in [1.82, 2.24) is 0 Å². The fourth-order valence-corrected chi connectivity index (χ4v) is 2.77. The van der Waals surface area contributed by atoms with Crippen LogP contribution in [0.1, 0.15) is 16.7 Å². The first-order valence-corrected chi connectivity index (χ1v) is 5.65. The summed E-state index contributed by atoms with van der Waals surface area (Å²) in [6.07, 6.45) is -16.9. The van der Waals surface area contributed by atoms with Gasteiger partial charge in [0.1, 0.15) is 0 Å². The molecule has 0 amide bonds. The Labute approximate surface area is 125 Å². The molecule has 0 aromatic heterocycles. The molecule has 0 aliphatic heterocycles. The lowest BCUT2D eigenvalue weighted by Gasteiger charge is -2.22. The molecule has 0 N–H and O–H groups in total. The van der Waals surface area contributed by atoms with Gasteiger partial charge < -0.3 is 0 Å². The summed E-state index contributed by atoms with van der Waals surface area (Å²) in [7, 11) is 0. The molecule has 0 radical (unpaired) electrons. The quantitative estimate of drug-likeness (QED) is 0.436. The molecule has 0 bridgehead atoms. The van der Waals surface area contributed by atoms with Crippen molar-refractivity contribution in [2.75, 3.05) is 0 Å². The van der Waals surface area contributed by atoms with Crippen LogP contribution in [0.25, 0.3) is 0 Å². The van der Waals surface area contributed by atoms with E-state index in [9.17, 15) is 39.5 Å². The Kier molecular flexibility index (Phi) is 4.65. The summed E-state index contributed by atoms with van der Waals surface area (Å²) in [6.45, 7) is 0. The minimum atomic E-state index is -5.64. The number of alkyl halides is 9. The molecular formula is C9Cl3F9. The SMILES string of the molecule is FC(F)(F)c1c(Cl)c(C(F)(F)F)c(Cl)c(C(F)(F)F)c1Cl. The lowest BCUT2D eigenvalue weighted by molar-refractivity contribution is -0.148. The maximum atomic E-state index is 12.6. The zero-order chi connectivity index (χ0) is 17.0. The maximum Gasteiger partial charge on any atom is 0.419 e. The number of rotatable bonds is 0. The van der Waals surface area contributed by atoms with Crippen molar-refractivity contribution in [3.63, 3.8) is 0 Å². The number of halogens is 12. The van der Waals surface area contributed by atoms with Crippen molar-refractivity contribution in [1.29, 1.82) is 0 Å². The van der Waals surface area contributed by atoms with Gasteiger partial charge in [0.25, 0.3) is 0 Å². The average molecular weight is 385 g/mol. The smallest absolute Gasteiger partial charge is 0.166 e. The molecule has 0 fully saturated rings. The average Bonchev–Trinajstić information content (AvgIpc) is 2.07. The van der Waals surface area contributed by atoms with Crippen molar-refractivity contribution in [3.05, 3.63) is 31.8 Å². The third kappa shape index (κ3) is 3.45. The van der Waals surface area contributed by atoms with Crippen LogP contribution in [0.5, 0.6) is 0 Å². The molecule has 120 valence electrons. The molecule has 21 heavy (non-hydrogen) atoms. The van der Waals surface area contributed by atoms with Crippen LogP contribution in [0.2, 0.25) is 15.1 Å². The molecule has 0 spiro atoms. The van der Waals surface area contributed by atoms with Crippen LogP contribution in [-0.2, 0) is 18.5 Å². The van der Waals surface area contributed by atoms with Gasteiger partial charge in [0.05, 0.1) is 31.8 Å². The van der Waals surface area contributed by atoms with Crippen molar-refractivity contribution < 1.29 is 39.5 Å². The van der Waals surface area contributed by atoms with Gasteiger partial charge in [-0.3, -0.25) is 0 Å². The minimum Gasteiger partial charge on any atom is -0.166 e. The van der Waals surface area contributed by atoms with E-state index >= 15 is 0 Å². The third-order valence-corrected chi connectivity index (χ3v) is 3.30. The highest BCUT2D eigenvalue weighted by molar-refractivity contribution is 6.41. The van der Waals surface area contributed by atoms with Gasteiger partial charge >= 0.3 is 18.5 Å². The highest BCUT2D eigenvalue weighted by Crippen LogP contribution is 2.53. The lowest BCUT2D eigenvalue weighted by atomic mass is 10.0. The van der Waals surface area contributed by atoms with Crippen LogP contribution in [0.3, 0.4) is 0 Å². The van der Waals surface area contributed by atoms with E-state index in [0.29, 0.717) is 0 Å². The molecule has 0 aliphatic rings. The van der Waals surface area contributed by atoms with Gasteiger partial charge in [-0.25, -0.2) is 0 Å². The van der Waals surface area contributed by atoms with Crippen LogP contribution in [-0.4, -0.2) is 0 Å². The summed E-state index contributed by atoms with van der Waals surface area (Å²) >= 11 is 14.8. The number of hydrogen-bond acceptors (Lipinski definition) is 0. The summed E-state index contributed by atoms with van der Waals surface area (Å²) in [4.78, 5) is 0. The fraction of sp³-hybridized carbons (Fsp3) is 0.333. The Hall–Kier alpha value is -0.540. The highest BCUT2D eigenvalue weighted by atomic mass is 35.5. The molecule has 1 aromatic rings. The zero-order valence-electron chi connectivity index (χ0n) is 9.04. The van der Waals surface area contributed by atoms with E-state index in [0.717, 1.165) is 0 Å². The number of benzene rings is 1. The van der Waals surface area contributed by atoms with Gasteiger partial charge in [0.2, 0.25) is 0 Å². The summed E-state index contributed by atoms with van der Waals surface area (Å²) in [5, 5.41) is -6.13. The fourth-order valence-electron chi connectivity index (χ4n) is 1.41. The van der Waals surface area contributed by atoms with Gasteiger partial charge in [-0.1, -0.05) is 34.8 Å². The zero-order valence-corrected chi connectivity index (χ0v) is 11.3. The van der Waals surface area contributed by atoms with Crippen LogP contribution >= 0.6 is 34.8 Å². The molecule has 0 aliphatic carbocycles. The van der Waals surface area contributed by atoms with Crippen LogP contribution in [0.15, 0.2) is 0 Å². The van der Waals surface area contributed by atoms with E-state index in [2.05, 4.69) is 0 Å². The van der Waals surface area contributed by atoms with E-state index < -0.39 is 50.3 Å². The Balaban J connectivity index is 4.04. The first-order chi connectivity index (χ1) is 9.10. The van der Waals surface area contributed by atoms with Crippen molar-refractivity contribution >= 4 is 34.8 Å². The van der Waals surface area contributed by atoms with Gasteiger partial charge in [-0.05, 0) is 0 Å². The highest BCUT2D eigenvalue weighted by Gasteiger charge is 2.50. The standard InChI is InChI=1S/C9Cl3F9/c10-4-1(7(13,14)15)5(11)3(9(19,20)21)6(12)2(4)8(16,17)18. The largest absolute Gasteiger partial charge is 0.419 e. The summed E-state index contributed by atoms with van der Waals surface area (Å²) < 4.78 is 114. The molecule has 0 atom stereocenters. The molecule has 1 aromatic carbocycles. The molecular weight excluding hydrogens is 385 g/mol. The second kappa shape index (κ2) is 5.27. The van der Waals surface area contributed by atoms with Gasteiger partial charge in [-0.2, -0.15) is 39.5 Å². The molecule has 12 heteroatoms. The van der Waals surface area contributed by atoms with Crippen LogP contribution in [0.4, 0.5) is 39.5 Å². The van der Waals surface area contributed by atoms with Crippen LogP contribution in [0, 0.1) is 0 Å². The van der Waals surface area contributed by atoms with E-state index in [4.69, 9.17) is 34.8 Å². The summed E-state index contributed by atoms with van der Waals surface area (Å²) in [6, 6.07) is 0. The van der Waals surface area contributed by atoms with Gasteiger partial charge in [-0.15, -0.1) is 0 Å². The van der Waals surface area contributed by atoms with Crippen molar-refractivity contribution in [3.8, 4) is 0 Å². The molecule has 0 heterocycles. The summed E-state index contributed by atoms with van der Waals surface area (Å²) in [5.41, 5.74) is -7.35. The van der Waals surface area contributed by atoms with Crippen LogP contribution < -0.4 is 0 Å². The molecule has 0 unspecified atom stereocenters. The predicted octanol–water partition coefficient (Wildman–Crippen LogP) is 6.70. The Morgan fingerprint density at radius 1 is 0.429 bits per heavy atom. The van der Waals surface area contributed by atoms with E-state index in [1.54, 1.807) is 0 Å². The first kappa shape index (κ1) is 18.5. The van der Waals surface area contributed by atoms with E-state index in [-0.39, 0.29) is 0 Å². The molecule has 1 rings (SSSR count). The maximum absolute atomic E-state index is 12.6. The monoisotopic (exact) mass is 384 g/mol. The Morgan fingerprint density at radius 2 is 0.571 bits per heavy atom. The second-order valence-corrected chi connectivity index (χ2v) is 4.69. The van der Waals surface area contributed by atoms with E-state index in [1.165, 1.54) is 0 Å². The Bertz CT molecular complexity index is 466. The topological polar surface area (TPSA) is 0 Å². The normalized spacial score (nSPS) is 13.7. The predicted molar refractivity (Wildman–Crippen MR) is 56.5 cm³/mol. The Morgan fingerprint density at radius 3 is 0.667 bits per heavy atom. The van der Waals surface area contributed by atoms with Crippen molar-refractivity contribution in [2.24, 2.45) is 0 Å². The lowest BCUT2D eigenvalue weighted by Crippen LogP contribution is -2.19. The third-order valence-electron chi connectivity index (χ3n) is 2.17. The second-order valence-electron chi connectivity index (χ2n) is 3.56. The van der Waals surface area contributed by atoms with Crippen molar-refractivity contribution in [2.45, 2.75) is 18.5 Å². The molecule has 0 nitrogen and oxygen atoms in total. The van der Waals surface area contributed by atoms with Gasteiger partial charge in [0, 0.05) is 0 Å². The number of hydrogen-bond donors (Lipinski definition) is 0. The van der Waals surface area contributed by atoms with E-state index in [1.807, 2.05) is 0 Å². The minimum absolute atomic E-state index is 2.04. The molecule has 0 saturated carbocycles. The summed E-state index contributed by atoms with van der Waals surface area (Å²) in [5.74, 6) is 0. The first-order valence-electron chi connectivity index (χ1n) is 4.52. The van der Waals surface area contributed by atoms with Gasteiger partial charge in [0.15, 0.2) is 0 Å².